The highest BCUT2D eigenvalue weighted by atomic mass is 35.5. The maximum atomic E-state index is 13.1. The summed E-state index contributed by atoms with van der Waals surface area (Å²) in [5.74, 6) is -0.537. The predicted molar refractivity (Wildman–Crippen MR) is 120 cm³/mol. The van der Waals surface area contributed by atoms with Crippen LogP contribution in [0, 0.1) is 5.82 Å². The maximum Gasteiger partial charge on any atom is 0.257 e. The van der Waals surface area contributed by atoms with Crippen LogP contribution in [0.15, 0.2) is 53.9 Å². The fourth-order valence-electron chi connectivity index (χ4n) is 3.35. The Balaban J connectivity index is 1.28. The molecule has 1 aromatic heterocycles. The molecule has 2 heterocycles. The summed E-state index contributed by atoms with van der Waals surface area (Å²) in [4.78, 5) is 33.3. The molecule has 3 aromatic rings. The van der Waals surface area contributed by atoms with Crippen LogP contribution in [0.3, 0.4) is 0 Å². The molecule has 0 bridgehead atoms. The summed E-state index contributed by atoms with van der Waals surface area (Å²) in [5.41, 5.74) is 2.06. The summed E-state index contributed by atoms with van der Waals surface area (Å²) in [6.07, 6.45) is 0.184. The number of thiazole rings is 1. The average Bonchev–Trinajstić information content (AvgIpc) is 3.21. The standard InChI is InChI=1S/C22H20ClFN4O2S/c23-16-3-1-15(2-4-16)21(30)26-22-25-18(14-31-22)13-20(29)28-11-9-27(10-12-28)19-7-5-17(24)6-8-19/h1-8,14H,9-13H2,(H,25,26,30). The van der Waals surface area contributed by atoms with Gasteiger partial charge >= 0.3 is 0 Å². The molecule has 1 aliphatic rings. The van der Waals surface area contributed by atoms with Gasteiger partial charge in [0.05, 0.1) is 12.1 Å². The molecule has 2 aromatic carbocycles. The van der Waals surface area contributed by atoms with Gasteiger partial charge in [0, 0.05) is 47.8 Å². The SMILES string of the molecule is O=C(Nc1nc(CC(=O)N2CCN(c3ccc(F)cc3)CC2)cs1)c1ccc(Cl)cc1. The van der Waals surface area contributed by atoms with Gasteiger partial charge in [-0.2, -0.15) is 0 Å². The number of amides is 2. The van der Waals surface area contributed by atoms with Crippen LogP contribution in [0.5, 0.6) is 0 Å². The molecule has 2 amide bonds. The first-order valence-electron chi connectivity index (χ1n) is 9.77. The number of rotatable bonds is 5. The number of nitrogens with one attached hydrogen (secondary N) is 1. The van der Waals surface area contributed by atoms with Gasteiger partial charge < -0.3 is 9.80 Å². The molecular weight excluding hydrogens is 439 g/mol. The third-order valence-electron chi connectivity index (χ3n) is 5.04. The van der Waals surface area contributed by atoms with Crippen LogP contribution in [0.25, 0.3) is 0 Å². The summed E-state index contributed by atoms with van der Waals surface area (Å²) in [6, 6.07) is 13.0. The van der Waals surface area contributed by atoms with Gasteiger partial charge in [-0.05, 0) is 48.5 Å². The second-order valence-electron chi connectivity index (χ2n) is 7.13. The van der Waals surface area contributed by atoms with Gasteiger partial charge in [-0.25, -0.2) is 9.37 Å². The van der Waals surface area contributed by atoms with Crippen molar-refractivity contribution >= 4 is 45.6 Å². The summed E-state index contributed by atoms with van der Waals surface area (Å²) < 4.78 is 13.1. The Hall–Kier alpha value is -2.97. The van der Waals surface area contributed by atoms with Crippen molar-refractivity contribution < 1.29 is 14.0 Å². The summed E-state index contributed by atoms with van der Waals surface area (Å²) >= 11 is 7.13. The van der Waals surface area contributed by atoms with Crippen LogP contribution < -0.4 is 10.2 Å². The van der Waals surface area contributed by atoms with E-state index in [1.165, 1.54) is 23.5 Å². The summed E-state index contributed by atoms with van der Waals surface area (Å²) in [6.45, 7) is 2.58. The van der Waals surface area contributed by atoms with Crippen molar-refractivity contribution in [2.24, 2.45) is 0 Å². The zero-order chi connectivity index (χ0) is 21.8. The smallest absolute Gasteiger partial charge is 0.257 e. The molecule has 31 heavy (non-hydrogen) atoms. The van der Waals surface area contributed by atoms with E-state index in [0.29, 0.717) is 47.6 Å². The van der Waals surface area contributed by atoms with Gasteiger partial charge in [0.2, 0.25) is 5.91 Å². The van der Waals surface area contributed by atoms with Crippen LogP contribution in [-0.4, -0.2) is 47.9 Å². The molecule has 0 radical (unpaired) electrons. The molecule has 4 rings (SSSR count). The van der Waals surface area contributed by atoms with E-state index in [1.807, 2.05) is 4.90 Å². The zero-order valence-electron chi connectivity index (χ0n) is 16.6. The van der Waals surface area contributed by atoms with E-state index in [9.17, 15) is 14.0 Å². The Kier molecular flexibility index (Phi) is 6.48. The zero-order valence-corrected chi connectivity index (χ0v) is 18.1. The first-order valence-corrected chi connectivity index (χ1v) is 11.0. The number of nitrogens with zero attached hydrogens (tertiary/aromatic N) is 3. The Bertz CT molecular complexity index is 1060. The van der Waals surface area contributed by atoms with Crippen molar-refractivity contribution in [3.8, 4) is 0 Å². The quantitative estimate of drug-likeness (QED) is 0.625. The van der Waals surface area contributed by atoms with Gasteiger partial charge in [0.1, 0.15) is 5.82 Å². The lowest BCUT2D eigenvalue weighted by Gasteiger charge is -2.36. The molecule has 1 aliphatic heterocycles. The van der Waals surface area contributed by atoms with E-state index in [0.717, 1.165) is 5.69 Å². The van der Waals surface area contributed by atoms with Crippen molar-refractivity contribution in [2.45, 2.75) is 6.42 Å². The lowest BCUT2D eigenvalue weighted by molar-refractivity contribution is -0.130. The lowest BCUT2D eigenvalue weighted by Crippen LogP contribution is -2.49. The highest BCUT2D eigenvalue weighted by Crippen LogP contribution is 2.20. The predicted octanol–water partition coefficient (Wildman–Crippen LogP) is 4.08. The first kappa shape index (κ1) is 21.3. The molecule has 0 unspecified atom stereocenters. The average molecular weight is 459 g/mol. The minimum absolute atomic E-state index is 0.000339. The van der Waals surface area contributed by atoms with E-state index < -0.39 is 0 Å². The van der Waals surface area contributed by atoms with Crippen LogP contribution >= 0.6 is 22.9 Å². The van der Waals surface area contributed by atoms with Gasteiger partial charge in [-0.3, -0.25) is 14.9 Å². The molecular formula is C22H20ClFN4O2S. The van der Waals surface area contributed by atoms with Gasteiger partial charge in [0.15, 0.2) is 5.13 Å². The van der Waals surface area contributed by atoms with Crippen molar-refractivity contribution in [1.82, 2.24) is 9.88 Å². The highest BCUT2D eigenvalue weighted by Gasteiger charge is 2.22. The van der Waals surface area contributed by atoms with Gasteiger partial charge in [-0.15, -0.1) is 11.3 Å². The molecule has 1 saturated heterocycles. The monoisotopic (exact) mass is 458 g/mol. The Morgan fingerprint density at radius 1 is 1.03 bits per heavy atom. The minimum Gasteiger partial charge on any atom is -0.368 e. The van der Waals surface area contributed by atoms with Gasteiger partial charge in [0.25, 0.3) is 5.91 Å². The number of benzene rings is 2. The molecule has 0 saturated carbocycles. The highest BCUT2D eigenvalue weighted by molar-refractivity contribution is 7.14. The molecule has 1 N–H and O–H groups in total. The Morgan fingerprint density at radius 3 is 2.39 bits per heavy atom. The molecule has 9 heteroatoms. The third kappa shape index (κ3) is 5.39. The van der Waals surface area contributed by atoms with E-state index >= 15 is 0 Å². The van der Waals surface area contributed by atoms with Crippen LogP contribution in [0.4, 0.5) is 15.2 Å². The fourth-order valence-corrected chi connectivity index (χ4v) is 4.18. The van der Waals surface area contributed by atoms with Crippen molar-refractivity contribution in [1.29, 1.82) is 0 Å². The topological polar surface area (TPSA) is 65.5 Å². The number of halogens is 2. The molecule has 1 fully saturated rings. The van der Waals surface area contributed by atoms with Crippen LogP contribution in [0.1, 0.15) is 16.1 Å². The molecule has 6 nitrogen and oxygen atoms in total. The first-order chi connectivity index (χ1) is 15.0. The molecule has 160 valence electrons. The van der Waals surface area contributed by atoms with Gasteiger partial charge in [-0.1, -0.05) is 11.6 Å². The number of carbonyl (C=O) groups excluding carboxylic acids is 2. The number of anilines is 2. The van der Waals surface area contributed by atoms with E-state index in [1.54, 1.807) is 41.8 Å². The number of hydrogen-bond acceptors (Lipinski definition) is 5. The number of hydrogen-bond donors (Lipinski definition) is 1. The minimum atomic E-state index is -0.277. The number of carbonyl (C=O) groups is 2. The Labute approximate surface area is 188 Å². The lowest BCUT2D eigenvalue weighted by atomic mass is 10.2. The third-order valence-corrected chi connectivity index (χ3v) is 6.09. The largest absolute Gasteiger partial charge is 0.368 e. The molecule has 0 aliphatic carbocycles. The normalized spacial score (nSPS) is 13.9. The second kappa shape index (κ2) is 9.45. The van der Waals surface area contributed by atoms with Crippen LogP contribution in [-0.2, 0) is 11.2 Å². The van der Waals surface area contributed by atoms with Crippen molar-refractivity contribution in [2.75, 3.05) is 36.4 Å². The van der Waals surface area contributed by atoms with Crippen molar-refractivity contribution in [3.63, 3.8) is 0 Å². The number of aromatic nitrogens is 1. The maximum absolute atomic E-state index is 13.1. The van der Waals surface area contributed by atoms with E-state index in [-0.39, 0.29) is 24.1 Å². The molecule has 0 spiro atoms. The number of piperazine rings is 1. The summed E-state index contributed by atoms with van der Waals surface area (Å²) in [7, 11) is 0. The molecule has 0 atom stereocenters. The Morgan fingerprint density at radius 2 is 1.71 bits per heavy atom. The van der Waals surface area contributed by atoms with Crippen molar-refractivity contribution in [3.05, 3.63) is 76.0 Å². The second-order valence-corrected chi connectivity index (χ2v) is 8.42. The van der Waals surface area contributed by atoms with E-state index in [4.69, 9.17) is 11.6 Å². The van der Waals surface area contributed by atoms with Crippen LogP contribution in [0.2, 0.25) is 5.02 Å². The fraction of sp³-hybridized carbons (Fsp3) is 0.227. The van der Waals surface area contributed by atoms with E-state index in [2.05, 4.69) is 15.2 Å². The summed E-state index contributed by atoms with van der Waals surface area (Å²) in [5, 5.41) is 5.54.